The summed E-state index contributed by atoms with van der Waals surface area (Å²) in [5, 5.41) is 0. The van der Waals surface area contributed by atoms with Gasteiger partial charge in [0.15, 0.2) is 0 Å². The highest BCUT2D eigenvalue weighted by atomic mass is 79.9. The van der Waals surface area contributed by atoms with Gasteiger partial charge in [0, 0.05) is 24.3 Å². The van der Waals surface area contributed by atoms with E-state index >= 15 is 0 Å². The van der Waals surface area contributed by atoms with Gasteiger partial charge >= 0.3 is 0 Å². The van der Waals surface area contributed by atoms with Crippen LogP contribution < -0.4 is 10.6 Å². The summed E-state index contributed by atoms with van der Waals surface area (Å²) in [4.78, 5) is 6.50. The van der Waals surface area contributed by atoms with Crippen molar-refractivity contribution in [2.24, 2.45) is 5.73 Å². The van der Waals surface area contributed by atoms with E-state index in [-0.39, 0.29) is 0 Å². The van der Waals surface area contributed by atoms with Crippen LogP contribution in [0.2, 0.25) is 0 Å². The summed E-state index contributed by atoms with van der Waals surface area (Å²) in [5.74, 6) is 1.02. The van der Waals surface area contributed by atoms with Crippen molar-refractivity contribution in [3.8, 4) is 0 Å². The summed E-state index contributed by atoms with van der Waals surface area (Å²) in [7, 11) is 2.07. The Hall–Kier alpha value is -0.610. The minimum Gasteiger partial charge on any atom is -0.360 e. The van der Waals surface area contributed by atoms with Crippen LogP contribution in [0.4, 0.5) is 5.82 Å². The maximum absolute atomic E-state index is 5.44. The second kappa shape index (κ2) is 6.80. The molecule has 1 rings (SSSR count). The molecule has 1 aromatic heterocycles. The predicted molar refractivity (Wildman–Crippen MR) is 68.1 cm³/mol. The molecule has 0 saturated carbocycles. The normalized spacial score (nSPS) is 10.3. The van der Waals surface area contributed by atoms with Crippen molar-refractivity contribution in [2.45, 2.75) is 19.3 Å². The maximum atomic E-state index is 5.44. The number of unbranched alkanes of at least 4 members (excludes halogenated alkanes) is 2. The molecule has 0 aliphatic heterocycles. The molecule has 0 bridgehead atoms. The molecule has 0 spiro atoms. The van der Waals surface area contributed by atoms with Crippen molar-refractivity contribution < 1.29 is 0 Å². The van der Waals surface area contributed by atoms with Gasteiger partial charge in [-0.3, -0.25) is 0 Å². The lowest BCUT2D eigenvalue weighted by molar-refractivity contribution is 0.676. The Kier molecular flexibility index (Phi) is 5.65. The Morgan fingerprint density at radius 1 is 1.33 bits per heavy atom. The van der Waals surface area contributed by atoms with Crippen molar-refractivity contribution in [2.75, 3.05) is 25.0 Å². The summed E-state index contributed by atoms with van der Waals surface area (Å²) in [6, 6.07) is 4.03. The third-order valence-corrected chi connectivity index (χ3v) is 2.77. The quantitative estimate of drug-likeness (QED) is 0.809. The number of nitrogens with zero attached hydrogens (tertiary/aromatic N) is 2. The van der Waals surface area contributed by atoms with Crippen LogP contribution >= 0.6 is 15.9 Å². The van der Waals surface area contributed by atoms with Crippen molar-refractivity contribution in [1.29, 1.82) is 0 Å². The van der Waals surface area contributed by atoms with E-state index in [0.717, 1.165) is 29.8 Å². The maximum Gasteiger partial charge on any atom is 0.128 e. The first-order valence-electron chi connectivity index (χ1n) is 5.27. The van der Waals surface area contributed by atoms with Crippen molar-refractivity contribution in [3.63, 3.8) is 0 Å². The molecule has 1 heterocycles. The Labute approximate surface area is 99.8 Å². The van der Waals surface area contributed by atoms with Gasteiger partial charge in [0.2, 0.25) is 0 Å². The lowest BCUT2D eigenvalue weighted by Crippen LogP contribution is -2.19. The monoisotopic (exact) mass is 271 g/mol. The molecule has 2 N–H and O–H groups in total. The van der Waals surface area contributed by atoms with Crippen LogP contribution in [0.15, 0.2) is 22.8 Å². The van der Waals surface area contributed by atoms with E-state index in [9.17, 15) is 0 Å². The molecule has 1 aromatic rings. The largest absolute Gasteiger partial charge is 0.360 e. The summed E-state index contributed by atoms with van der Waals surface area (Å²) < 4.78 is 1.02. The molecular weight excluding hydrogens is 254 g/mol. The fraction of sp³-hybridized carbons (Fsp3) is 0.545. The molecule has 0 aromatic carbocycles. The number of aromatic nitrogens is 1. The Morgan fingerprint density at radius 2 is 2.13 bits per heavy atom. The Bertz CT molecular complexity index is 274. The first kappa shape index (κ1) is 12.5. The fourth-order valence-electron chi connectivity index (χ4n) is 1.38. The topological polar surface area (TPSA) is 42.1 Å². The lowest BCUT2D eigenvalue weighted by atomic mass is 10.2. The molecule has 4 heteroatoms. The summed E-state index contributed by atoms with van der Waals surface area (Å²) in [6.07, 6.45) is 5.30. The van der Waals surface area contributed by atoms with Gasteiger partial charge in [-0.25, -0.2) is 4.98 Å². The van der Waals surface area contributed by atoms with Gasteiger partial charge in [-0.15, -0.1) is 0 Å². The predicted octanol–water partition coefficient (Wildman–Crippen LogP) is 2.41. The van der Waals surface area contributed by atoms with E-state index in [1.54, 1.807) is 0 Å². The smallest absolute Gasteiger partial charge is 0.128 e. The standard InChI is InChI=1S/C11H18BrN3/c1-15(8-4-2-3-7-13)11-6-5-10(12)9-14-11/h5-6,9H,2-4,7-8,13H2,1H3. The molecule has 0 aliphatic rings. The molecule has 0 unspecified atom stereocenters. The molecule has 3 nitrogen and oxygen atoms in total. The minimum atomic E-state index is 0.792. The van der Waals surface area contributed by atoms with E-state index in [1.165, 1.54) is 12.8 Å². The van der Waals surface area contributed by atoms with Crippen molar-refractivity contribution >= 4 is 21.7 Å². The van der Waals surface area contributed by atoms with Crippen LogP contribution in [-0.4, -0.2) is 25.1 Å². The second-order valence-corrected chi connectivity index (χ2v) is 4.52. The highest BCUT2D eigenvalue weighted by Crippen LogP contribution is 2.13. The molecule has 0 aliphatic carbocycles. The van der Waals surface area contributed by atoms with Gasteiger partial charge < -0.3 is 10.6 Å². The van der Waals surface area contributed by atoms with Crippen LogP contribution in [0.5, 0.6) is 0 Å². The van der Waals surface area contributed by atoms with Crippen LogP contribution in [0.3, 0.4) is 0 Å². The van der Waals surface area contributed by atoms with Gasteiger partial charge in [0.1, 0.15) is 5.82 Å². The van der Waals surface area contributed by atoms with E-state index in [0.29, 0.717) is 0 Å². The third-order valence-electron chi connectivity index (χ3n) is 2.30. The van der Waals surface area contributed by atoms with Gasteiger partial charge in [0.05, 0.1) is 0 Å². The van der Waals surface area contributed by atoms with Crippen LogP contribution in [0, 0.1) is 0 Å². The van der Waals surface area contributed by atoms with Gasteiger partial charge in [-0.2, -0.15) is 0 Å². The summed E-state index contributed by atoms with van der Waals surface area (Å²) in [5.41, 5.74) is 5.44. The van der Waals surface area contributed by atoms with Crippen LogP contribution in [0.1, 0.15) is 19.3 Å². The molecule has 15 heavy (non-hydrogen) atoms. The minimum absolute atomic E-state index is 0.792. The average molecular weight is 272 g/mol. The number of hydrogen-bond donors (Lipinski definition) is 1. The first-order chi connectivity index (χ1) is 7.24. The summed E-state index contributed by atoms with van der Waals surface area (Å²) in [6.45, 7) is 1.83. The number of rotatable bonds is 6. The SMILES string of the molecule is CN(CCCCCN)c1ccc(Br)cn1. The van der Waals surface area contributed by atoms with Crippen LogP contribution in [0.25, 0.3) is 0 Å². The molecular formula is C11H18BrN3. The fourth-order valence-corrected chi connectivity index (χ4v) is 1.61. The van der Waals surface area contributed by atoms with Gasteiger partial charge in [-0.1, -0.05) is 6.42 Å². The Morgan fingerprint density at radius 3 is 2.73 bits per heavy atom. The zero-order valence-electron chi connectivity index (χ0n) is 9.12. The average Bonchev–Trinajstić information content (AvgIpc) is 2.25. The second-order valence-electron chi connectivity index (χ2n) is 3.61. The number of anilines is 1. The third kappa shape index (κ3) is 4.62. The molecule has 0 atom stereocenters. The highest BCUT2D eigenvalue weighted by molar-refractivity contribution is 9.10. The first-order valence-corrected chi connectivity index (χ1v) is 6.06. The molecule has 0 amide bonds. The lowest BCUT2D eigenvalue weighted by Gasteiger charge is -2.17. The zero-order chi connectivity index (χ0) is 11.1. The van der Waals surface area contributed by atoms with E-state index in [4.69, 9.17) is 5.73 Å². The summed E-state index contributed by atoms with van der Waals surface area (Å²) >= 11 is 3.37. The van der Waals surface area contributed by atoms with E-state index < -0.39 is 0 Å². The van der Waals surface area contributed by atoms with Crippen LogP contribution in [-0.2, 0) is 0 Å². The highest BCUT2D eigenvalue weighted by Gasteiger charge is 2.00. The van der Waals surface area contributed by atoms with Gasteiger partial charge in [0.25, 0.3) is 0 Å². The molecule has 0 fully saturated rings. The molecule has 84 valence electrons. The Balaban J connectivity index is 2.33. The van der Waals surface area contributed by atoms with E-state index in [1.807, 2.05) is 18.3 Å². The number of halogens is 1. The molecule has 0 radical (unpaired) electrons. The number of pyridine rings is 1. The van der Waals surface area contributed by atoms with Gasteiger partial charge in [-0.05, 0) is 47.4 Å². The van der Waals surface area contributed by atoms with Crippen molar-refractivity contribution in [3.05, 3.63) is 22.8 Å². The van der Waals surface area contributed by atoms with Crippen molar-refractivity contribution in [1.82, 2.24) is 4.98 Å². The number of nitrogens with two attached hydrogens (primary N) is 1. The number of hydrogen-bond acceptors (Lipinski definition) is 3. The molecule has 0 saturated heterocycles. The zero-order valence-corrected chi connectivity index (χ0v) is 10.7. The van der Waals surface area contributed by atoms with E-state index in [2.05, 4.69) is 32.9 Å².